The van der Waals surface area contributed by atoms with Crippen molar-refractivity contribution in [2.45, 2.75) is 64.1 Å². The molecule has 1 rings (SSSR count). The van der Waals surface area contributed by atoms with Gasteiger partial charge in [0.1, 0.15) is 12.1 Å². The lowest BCUT2D eigenvalue weighted by Crippen LogP contribution is -2.54. The minimum atomic E-state index is -1.38. The van der Waals surface area contributed by atoms with Gasteiger partial charge in [0.05, 0.1) is 12.6 Å². The van der Waals surface area contributed by atoms with Gasteiger partial charge in [-0.05, 0) is 38.1 Å². The second-order valence-corrected chi connectivity index (χ2v) is 7.45. The van der Waals surface area contributed by atoms with Gasteiger partial charge in [0.15, 0.2) is 0 Å². The molecular formula is C18H30N4O7. The maximum atomic E-state index is 12.5. The summed E-state index contributed by atoms with van der Waals surface area (Å²) >= 11 is 0. The van der Waals surface area contributed by atoms with E-state index in [0.29, 0.717) is 6.42 Å². The Morgan fingerprint density at radius 3 is 2.28 bits per heavy atom. The summed E-state index contributed by atoms with van der Waals surface area (Å²) in [5, 5.41) is 28.2. The number of aliphatic carboxylic acids is 2. The van der Waals surface area contributed by atoms with Crippen LogP contribution in [0.4, 0.5) is 0 Å². The zero-order valence-electron chi connectivity index (χ0n) is 16.7. The molecule has 29 heavy (non-hydrogen) atoms. The third-order valence-corrected chi connectivity index (χ3v) is 4.42. The summed E-state index contributed by atoms with van der Waals surface area (Å²) in [7, 11) is 0. The first kappa shape index (κ1) is 24.3. The first-order valence-electron chi connectivity index (χ1n) is 9.65. The highest BCUT2D eigenvalue weighted by Crippen LogP contribution is 2.07. The van der Waals surface area contributed by atoms with Gasteiger partial charge in [-0.15, -0.1) is 0 Å². The first-order valence-corrected chi connectivity index (χ1v) is 9.65. The van der Waals surface area contributed by atoms with Gasteiger partial charge < -0.3 is 31.5 Å². The fourth-order valence-electron chi connectivity index (χ4n) is 2.94. The molecule has 1 aliphatic heterocycles. The van der Waals surface area contributed by atoms with Gasteiger partial charge in [0.2, 0.25) is 17.7 Å². The molecule has 0 radical (unpaired) electrons. The molecule has 3 unspecified atom stereocenters. The topological polar surface area (TPSA) is 174 Å². The number of carboxylic acids is 2. The standard InChI is InChI=1S/C18H30N4O7/c1-10(2)8-13(17(27)22-12(18(28)29)5-6-15(24)25)21-14(23)9-20-16(26)11-4-3-7-19-11/h10-13,19H,3-9H2,1-2H3,(H,20,26)(H,21,23)(H,22,27)(H,24,25)(H,28,29). The Balaban J connectivity index is 2.62. The van der Waals surface area contributed by atoms with Gasteiger partial charge in [-0.1, -0.05) is 13.8 Å². The summed E-state index contributed by atoms with van der Waals surface area (Å²) in [6.07, 6.45) is 1.14. The maximum Gasteiger partial charge on any atom is 0.326 e. The van der Waals surface area contributed by atoms with Crippen molar-refractivity contribution in [2.75, 3.05) is 13.1 Å². The van der Waals surface area contributed by atoms with Crippen molar-refractivity contribution in [3.8, 4) is 0 Å². The smallest absolute Gasteiger partial charge is 0.326 e. The third kappa shape index (κ3) is 9.37. The molecule has 164 valence electrons. The number of hydrogen-bond donors (Lipinski definition) is 6. The molecule has 1 saturated heterocycles. The van der Waals surface area contributed by atoms with E-state index in [0.717, 1.165) is 13.0 Å². The molecule has 0 saturated carbocycles. The van der Waals surface area contributed by atoms with Crippen LogP contribution < -0.4 is 21.3 Å². The monoisotopic (exact) mass is 414 g/mol. The molecule has 0 aromatic heterocycles. The van der Waals surface area contributed by atoms with Crippen LogP contribution in [0, 0.1) is 5.92 Å². The largest absolute Gasteiger partial charge is 0.481 e. The van der Waals surface area contributed by atoms with E-state index in [1.54, 1.807) is 0 Å². The number of nitrogens with one attached hydrogen (secondary N) is 4. The highest BCUT2D eigenvalue weighted by Gasteiger charge is 2.28. The van der Waals surface area contributed by atoms with Crippen LogP contribution in [0.2, 0.25) is 0 Å². The predicted molar refractivity (Wildman–Crippen MR) is 102 cm³/mol. The molecule has 1 heterocycles. The van der Waals surface area contributed by atoms with E-state index >= 15 is 0 Å². The lowest BCUT2D eigenvalue weighted by atomic mass is 10.0. The number of carbonyl (C=O) groups is 5. The van der Waals surface area contributed by atoms with Crippen molar-refractivity contribution in [1.82, 2.24) is 21.3 Å². The van der Waals surface area contributed by atoms with Gasteiger partial charge in [0, 0.05) is 6.42 Å². The number of rotatable bonds is 12. The Morgan fingerprint density at radius 2 is 1.76 bits per heavy atom. The van der Waals surface area contributed by atoms with Crippen LogP contribution in [0.15, 0.2) is 0 Å². The van der Waals surface area contributed by atoms with Crippen molar-refractivity contribution in [3.05, 3.63) is 0 Å². The Bertz CT molecular complexity index is 617. The fourth-order valence-corrected chi connectivity index (χ4v) is 2.94. The third-order valence-electron chi connectivity index (χ3n) is 4.42. The second-order valence-electron chi connectivity index (χ2n) is 7.45. The Kier molecular flexibility index (Phi) is 10.1. The lowest BCUT2D eigenvalue weighted by Gasteiger charge is -2.23. The molecule has 0 spiro atoms. The second kappa shape index (κ2) is 12.0. The van der Waals surface area contributed by atoms with E-state index < -0.39 is 42.3 Å². The van der Waals surface area contributed by atoms with E-state index in [1.807, 2.05) is 13.8 Å². The minimum absolute atomic E-state index is 0.0191. The molecule has 1 aliphatic rings. The highest BCUT2D eigenvalue weighted by molar-refractivity contribution is 5.92. The van der Waals surface area contributed by atoms with Gasteiger partial charge in [-0.3, -0.25) is 19.2 Å². The highest BCUT2D eigenvalue weighted by atomic mass is 16.4. The predicted octanol–water partition coefficient (Wildman–Crippen LogP) is -1.18. The molecule has 3 amide bonds. The number of carbonyl (C=O) groups excluding carboxylic acids is 3. The SMILES string of the molecule is CC(C)CC(NC(=O)CNC(=O)C1CCCN1)C(=O)NC(CCC(=O)O)C(=O)O. The van der Waals surface area contributed by atoms with Gasteiger partial charge in [0.25, 0.3) is 0 Å². The quantitative estimate of drug-likeness (QED) is 0.231. The summed E-state index contributed by atoms with van der Waals surface area (Å²) < 4.78 is 0. The van der Waals surface area contributed by atoms with Crippen LogP contribution in [0.1, 0.15) is 46.0 Å². The summed E-state index contributed by atoms with van der Waals surface area (Å²) in [6, 6.07) is -2.71. The molecule has 0 bridgehead atoms. The van der Waals surface area contributed by atoms with Gasteiger partial charge in [-0.2, -0.15) is 0 Å². The molecular weight excluding hydrogens is 384 g/mol. The van der Waals surface area contributed by atoms with E-state index in [-0.39, 0.29) is 37.3 Å². The van der Waals surface area contributed by atoms with Crippen molar-refractivity contribution in [2.24, 2.45) is 5.92 Å². The van der Waals surface area contributed by atoms with Crippen LogP contribution in [0.5, 0.6) is 0 Å². The molecule has 11 nitrogen and oxygen atoms in total. The van der Waals surface area contributed by atoms with Crippen LogP contribution in [0.25, 0.3) is 0 Å². The maximum absolute atomic E-state index is 12.5. The Morgan fingerprint density at radius 1 is 1.07 bits per heavy atom. The molecule has 6 N–H and O–H groups in total. The average molecular weight is 414 g/mol. The van der Waals surface area contributed by atoms with Crippen molar-refractivity contribution >= 4 is 29.7 Å². The Hall–Kier alpha value is -2.69. The van der Waals surface area contributed by atoms with Gasteiger partial charge in [-0.25, -0.2) is 4.79 Å². The van der Waals surface area contributed by atoms with E-state index in [9.17, 15) is 29.1 Å². The van der Waals surface area contributed by atoms with Crippen molar-refractivity contribution in [1.29, 1.82) is 0 Å². The molecule has 1 fully saturated rings. The van der Waals surface area contributed by atoms with Crippen LogP contribution in [0.3, 0.4) is 0 Å². The number of amides is 3. The lowest BCUT2D eigenvalue weighted by molar-refractivity contribution is -0.143. The number of hydrogen-bond acceptors (Lipinski definition) is 6. The molecule has 11 heteroatoms. The molecule has 3 atom stereocenters. The van der Waals surface area contributed by atoms with Crippen molar-refractivity contribution < 1.29 is 34.2 Å². The van der Waals surface area contributed by atoms with Crippen molar-refractivity contribution in [3.63, 3.8) is 0 Å². The van der Waals surface area contributed by atoms with Gasteiger partial charge >= 0.3 is 11.9 Å². The van der Waals surface area contributed by atoms with E-state index in [1.165, 1.54) is 0 Å². The number of carboxylic acid groups (broad SMARTS) is 2. The summed E-state index contributed by atoms with van der Waals surface area (Å²) in [5.74, 6) is -4.09. The molecule has 0 aromatic rings. The first-order chi connectivity index (χ1) is 13.6. The van der Waals surface area contributed by atoms with E-state index in [2.05, 4.69) is 21.3 Å². The average Bonchev–Trinajstić information content (AvgIpc) is 3.16. The van der Waals surface area contributed by atoms with E-state index in [4.69, 9.17) is 5.11 Å². The molecule has 0 aliphatic carbocycles. The zero-order chi connectivity index (χ0) is 22.0. The normalized spacial score (nSPS) is 18.0. The Labute approximate surface area is 169 Å². The summed E-state index contributed by atoms with van der Waals surface area (Å²) in [5.41, 5.74) is 0. The molecule has 0 aromatic carbocycles. The minimum Gasteiger partial charge on any atom is -0.481 e. The van der Waals surface area contributed by atoms with Crippen LogP contribution in [-0.4, -0.2) is 71.1 Å². The zero-order valence-corrected chi connectivity index (χ0v) is 16.7. The summed E-state index contributed by atoms with van der Waals surface area (Å²) in [4.78, 5) is 58.5. The van der Waals surface area contributed by atoms with Crippen LogP contribution in [-0.2, 0) is 24.0 Å². The fraction of sp³-hybridized carbons (Fsp3) is 0.722. The summed E-state index contributed by atoms with van der Waals surface area (Å²) in [6.45, 7) is 4.10. The van der Waals surface area contributed by atoms with Crippen LogP contribution >= 0.6 is 0 Å².